The molecule has 0 spiro atoms. The molecule has 2 aliphatic heterocycles. The summed E-state index contributed by atoms with van der Waals surface area (Å²) >= 11 is 0. The van der Waals surface area contributed by atoms with E-state index in [4.69, 9.17) is 4.42 Å². The monoisotopic (exact) mass is 404 g/mol. The van der Waals surface area contributed by atoms with Crippen LogP contribution in [0.5, 0.6) is 0 Å². The molecule has 0 amide bonds. The highest BCUT2D eigenvalue weighted by Crippen LogP contribution is 2.41. The van der Waals surface area contributed by atoms with E-state index in [1.165, 1.54) is 21.5 Å². The molecule has 0 fully saturated rings. The van der Waals surface area contributed by atoms with Gasteiger partial charge < -0.3 is 25.7 Å². The van der Waals surface area contributed by atoms with Crippen molar-refractivity contribution < 1.29 is 4.42 Å². The Kier molecular flexibility index (Phi) is 3.32. The van der Waals surface area contributed by atoms with Crippen molar-refractivity contribution in [3.05, 3.63) is 96.4 Å². The maximum atomic E-state index is 6.33. The summed E-state index contributed by atoms with van der Waals surface area (Å²) in [6.07, 6.45) is -0.262. The molecule has 150 valence electrons. The minimum atomic E-state index is -0.131. The molecule has 0 radical (unpaired) electrons. The zero-order valence-corrected chi connectivity index (χ0v) is 16.6. The van der Waals surface area contributed by atoms with Crippen LogP contribution < -0.4 is 21.3 Å². The Hall–Kier alpha value is -4.12. The van der Waals surface area contributed by atoms with Crippen molar-refractivity contribution in [1.29, 1.82) is 0 Å². The molecule has 4 aromatic carbocycles. The van der Waals surface area contributed by atoms with Gasteiger partial charge in [0.05, 0.1) is 0 Å². The summed E-state index contributed by atoms with van der Waals surface area (Å²) in [5.74, 6) is 1.70. The molecule has 5 heteroatoms. The Morgan fingerprint density at radius 1 is 0.452 bits per heavy atom. The van der Waals surface area contributed by atoms with Crippen LogP contribution in [0.4, 0.5) is 22.7 Å². The first-order chi connectivity index (χ1) is 15.3. The van der Waals surface area contributed by atoms with E-state index in [1.807, 2.05) is 12.1 Å². The first-order valence-corrected chi connectivity index (χ1v) is 10.5. The van der Waals surface area contributed by atoms with E-state index < -0.39 is 0 Å². The number of anilines is 4. The van der Waals surface area contributed by atoms with E-state index in [1.54, 1.807) is 0 Å². The predicted molar refractivity (Wildman–Crippen MR) is 127 cm³/mol. The second-order valence-electron chi connectivity index (χ2n) is 8.10. The van der Waals surface area contributed by atoms with Crippen molar-refractivity contribution in [3.63, 3.8) is 0 Å². The lowest BCUT2D eigenvalue weighted by atomic mass is 10.0. The smallest absolute Gasteiger partial charge is 0.157 e. The summed E-state index contributed by atoms with van der Waals surface area (Å²) in [5, 5.41) is 19.2. The fourth-order valence-corrected chi connectivity index (χ4v) is 4.82. The molecule has 5 aromatic rings. The summed E-state index contributed by atoms with van der Waals surface area (Å²) < 4.78 is 6.33. The van der Waals surface area contributed by atoms with Crippen molar-refractivity contribution in [2.24, 2.45) is 0 Å². The van der Waals surface area contributed by atoms with Gasteiger partial charge in [0.15, 0.2) is 12.3 Å². The highest BCUT2D eigenvalue weighted by Gasteiger charge is 2.26. The molecule has 0 saturated carbocycles. The maximum absolute atomic E-state index is 6.33. The SMILES string of the molecule is c1cc2c3c(cccc3c1)NC(c1ccc(C3Nc4cccc5cccc(c45)N3)o1)N2. The lowest BCUT2D eigenvalue weighted by Crippen LogP contribution is -2.24. The van der Waals surface area contributed by atoms with Gasteiger partial charge >= 0.3 is 0 Å². The lowest BCUT2D eigenvalue weighted by Gasteiger charge is -2.29. The van der Waals surface area contributed by atoms with E-state index in [2.05, 4.69) is 94.1 Å². The average Bonchev–Trinajstić information content (AvgIpc) is 3.30. The molecular weight excluding hydrogens is 384 g/mol. The Bertz CT molecular complexity index is 1280. The molecule has 1 aromatic heterocycles. The van der Waals surface area contributed by atoms with Crippen molar-refractivity contribution in [3.8, 4) is 0 Å². The standard InChI is InChI=1S/C26H20N4O/c1-5-15-6-2-10-18-23(15)17(9-1)27-25(28-18)21-13-14-22(31-21)26-29-19-11-3-7-16-8-4-12-20(30-26)24(16)19/h1-14,25-30H. The Balaban J connectivity index is 1.21. The summed E-state index contributed by atoms with van der Waals surface area (Å²) in [4.78, 5) is 0. The van der Waals surface area contributed by atoms with Crippen LogP contribution in [0.2, 0.25) is 0 Å². The van der Waals surface area contributed by atoms with E-state index in [0.717, 1.165) is 34.3 Å². The normalized spacial score (nSPS) is 15.2. The average molecular weight is 404 g/mol. The van der Waals surface area contributed by atoms with E-state index in [0.29, 0.717) is 0 Å². The van der Waals surface area contributed by atoms with Crippen LogP contribution in [-0.2, 0) is 0 Å². The van der Waals surface area contributed by atoms with Crippen LogP contribution in [0.1, 0.15) is 23.9 Å². The quantitative estimate of drug-likeness (QED) is 0.265. The number of rotatable bonds is 2. The van der Waals surface area contributed by atoms with Gasteiger partial charge in [0.1, 0.15) is 11.5 Å². The fourth-order valence-electron chi connectivity index (χ4n) is 4.82. The molecule has 2 aliphatic rings. The number of hydrogen-bond acceptors (Lipinski definition) is 5. The third kappa shape index (κ3) is 2.50. The fraction of sp³-hybridized carbons (Fsp3) is 0.0769. The van der Waals surface area contributed by atoms with Crippen LogP contribution >= 0.6 is 0 Å². The first kappa shape index (κ1) is 16.7. The summed E-state index contributed by atoms with van der Waals surface area (Å²) in [6, 6.07) is 29.4. The second kappa shape index (κ2) is 6.19. The minimum absolute atomic E-state index is 0.131. The number of furan rings is 1. The van der Waals surface area contributed by atoms with Gasteiger partial charge in [-0.2, -0.15) is 0 Å². The van der Waals surface area contributed by atoms with Gasteiger partial charge in [-0.3, -0.25) is 0 Å². The minimum Gasteiger partial charge on any atom is -0.458 e. The van der Waals surface area contributed by atoms with E-state index in [-0.39, 0.29) is 12.3 Å². The first-order valence-electron chi connectivity index (χ1n) is 10.5. The van der Waals surface area contributed by atoms with Gasteiger partial charge in [-0.25, -0.2) is 0 Å². The third-order valence-corrected chi connectivity index (χ3v) is 6.23. The Morgan fingerprint density at radius 3 is 1.16 bits per heavy atom. The summed E-state index contributed by atoms with van der Waals surface area (Å²) in [5.41, 5.74) is 4.46. The zero-order chi connectivity index (χ0) is 20.4. The van der Waals surface area contributed by atoms with Gasteiger partial charge in [0.25, 0.3) is 0 Å². The Morgan fingerprint density at radius 2 is 0.806 bits per heavy atom. The van der Waals surface area contributed by atoms with E-state index >= 15 is 0 Å². The van der Waals surface area contributed by atoms with Crippen molar-refractivity contribution in [2.75, 3.05) is 21.3 Å². The highest BCUT2D eigenvalue weighted by atomic mass is 16.3. The summed E-state index contributed by atoms with van der Waals surface area (Å²) in [7, 11) is 0. The molecule has 7 rings (SSSR count). The van der Waals surface area contributed by atoms with Crippen LogP contribution in [0, 0.1) is 0 Å². The van der Waals surface area contributed by atoms with Crippen molar-refractivity contribution in [1.82, 2.24) is 0 Å². The van der Waals surface area contributed by atoms with Crippen molar-refractivity contribution >= 4 is 44.3 Å². The van der Waals surface area contributed by atoms with Crippen LogP contribution in [0.15, 0.2) is 89.3 Å². The molecule has 0 bridgehead atoms. The van der Waals surface area contributed by atoms with Crippen LogP contribution in [0.3, 0.4) is 0 Å². The largest absolute Gasteiger partial charge is 0.458 e. The number of nitrogens with one attached hydrogen (secondary N) is 4. The summed E-state index contributed by atoms with van der Waals surface area (Å²) in [6.45, 7) is 0. The molecule has 0 unspecified atom stereocenters. The second-order valence-corrected chi connectivity index (χ2v) is 8.10. The molecule has 0 aliphatic carbocycles. The van der Waals surface area contributed by atoms with Crippen LogP contribution in [-0.4, -0.2) is 0 Å². The van der Waals surface area contributed by atoms with Crippen LogP contribution in [0.25, 0.3) is 21.5 Å². The molecule has 3 heterocycles. The Labute approximate surface area is 179 Å². The predicted octanol–water partition coefficient (Wildman–Crippen LogP) is 6.66. The highest BCUT2D eigenvalue weighted by molar-refractivity contribution is 6.05. The van der Waals surface area contributed by atoms with Gasteiger partial charge in [0, 0.05) is 33.5 Å². The van der Waals surface area contributed by atoms with E-state index in [9.17, 15) is 0 Å². The topological polar surface area (TPSA) is 61.3 Å². The lowest BCUT2D eigenvalue weighted by molar-refractivity contribution is 0.441. The molecule has 31 heavy (non-hydrogen) atoms. The molecule has 5 nitrogen and oxygen atoms in total. The number of hydrogen-bond donors (Lipinski definition) is 4. The molecule has 0 atom stereocenters. The van der Waals surface area contributed by atoms with Gasteiger partial charge in [-0.1, -0.05) is 48.5 Å². The molecule has 4 N–H and O–H groups in total. The molecular formula is C26H20N4O. The molecule has 0 saturated heterocycles. The maximum Gasteiger partial charge on any atom is 0.157 e. The third-order valence-electron chi connectivity index (χ3n) is 6.23. The van der Waals surface area contributed by atoms with Gasteiger partial charge in [0.2, 0.25) is 0 Å². The number of benzene rings is 4. The van der Waals surface area contributed by atoms with Gasteiger partial charge in [-0.15, -0.1) is 0 Å². The zero-order valence-electron chi connectivity index (χ0n) is 16.6. The van der Waals surface area contributed by atoms with Gasteiger partial charge in [-0.05, 0) is 47.2 Å². The van der Waals surface area contributed by atoms with Crippen molar-refractivity contribution in [2.45, 2.75) is 12.3 Å².